The summed E-state index contributed by atoms with van der Waals surface area (Å²) in [5, 5.41) is 20.5. The predicted octanol–water partition coefficient (Wildman–Crippen LogP) is 6.13. The minimum atomic E-state index is -0.0161. The lowest BCUT2D eigenvalue weighted by Crippen LogP contribution is -2.05. The molecule has 3 aromatic carbocycles. The van der Waals surface area contributed by atoms with Crippen molar-refractivity contribution in [3.8, 4) is 22.3 Å². The molecule has 2 nitrogen and oxygen atoms in total. The summed E-state index contributed by atoms with van der Waals surface area (Å²) < 4.78 is 0. The van der Waals surface area contributed by atoms with E-state index < -0.39 is 0 Å². The summed E-state index contributed by atoms with van der Waals surface area (Å²) in [5.41, 5.74) is 7.28. The third-order valence-electron chi connectivity index (χ3n) is 5.36. The van der Waals surface area contributed by atoms with Crippen molar-refractivity contribution in [3.05, 3.63) is 83.4 Å². The molecule has 0 radical (unpaired) electrons. The molecule has 0 saturated carbocycles. The Morgan fingerprint density at radius 3 is 1.79 bits per heavy atom. The minimum Gasteiger partial charge on any atom is -0.392 e. The smallest absolute Gasteiger partial charge is 0.0690 e. The van der Waals surface area contributed by atoms with Crippen molar-refractivity contribution in [2.45, 2.75) is 52.2 Å². The molecular weight excluding hydrogens is 344 g/mol. The van der Waals surface area contributed by atoms with Crippen molar-refractivity contribution < 1.29 is 10.2 Å². The van der Waals surface area contributed by atoms with Crippen LogP contribution >= 0.6 is 0 Å². The molecule has 0 heterocycles. The van der Waals surface area contributed by atoms with Crippen LogP contribution in [0.1, 0.15) is 49.3 Å². The van der Waals surface area contributed by atoms with Gasteiger partial charge in [0.1, 0.15) is 0 Å². The Kier molecular flexibility index (Phi) is 7.41. The topological polar surface area (TPSA) is 40.5 Å². The summed E-state index contributed by atoms with van der Waals surface area (Å²) in [6.45, 7) is 2.20. The van der Waals surface area contributed by atoms with Gasteiger partial charge >= 0.3 is 0 Å². The highest BCUT2D eigenvalue weighted by Crippen LogP contribution is 2.40. The van der Waals surface area contributed by atoms with Crippen LogP contribution in [-0.4, -0.2) is 10.2 Å². The van der Waals surface area contributed by atoms with Crippen LogP contribution in [0.25, 0.3) is 22.3 Å². The van der Waals surface area contributed by atoms with E-state index in [1.807, 2.05) is 36.4 Å². The van der Waals surface area contributed by atoms with E-state index in [2.05, 4.69) is 37.3 Å². The molecule has 2 N–H and O–H groups in total. The first-order chi connectivity index (χ1) is 13.8. The van der Waals surface area contributed by atoms with Crippen LogP contribution in [0.3, 0.4) is 0 Å². The van der Waals surface area contributed by atoms with Gasteiger partial charge in [-0.3, -0.25) is 0 Å². The molecule has 0 fully saturated rings. The molecule has 0 aliphatic rings. The van der Waals surface area contributed by atoms with Gasteiger partial charge in [-0.1, -0.05) is 92.9 Å². The van der Waals surface area contributed by atoms with Crippen molar-refractivity contribution in [1.29, 1.82) is 0 Å². The van der Waals surface area contributed by atoms with E-state index in [-0.39, 0.29) is 13.2 Å². The van der Waals surface area contributed by atoms with Crippen molar-refractivity contribution in [2.24, 2.45) is 0 Å². The monoisotopic (exact) mass is 374 g/mol. The first-order valence-corrected chi connectivity index (χ1v) is 10.3. The minimum absolute atomic E-state index is 0.00111. The number of benzene rings is 3. The highest BCUT2D eigenvalue weighted by molar-refractivity contribution is 5.88. The van der Waals surface area contributed by atoms with E-state index in [0.717, 1.165) is 51.8 Å². The highest BCUT2D eigenvalue weighted by atomic mass is 16.3. The molecule has 0 unspecified atom stereocenters. The van der Waals surface area contributed by atoms with E-state index in [0.29, 0.717) is 0 Å². The maximum Gasteiger partial charge on any atom is 0.0690 e. The van der Waals surface area contributed by atoms with Gasteiger partial charge in [0.2, 0.25) is 0 Å². The second-order valence-corrected chi connectivity index (χ2v) is 7.28. The summed E-state index contributed by atoms with van der Waals surface area (Å²) in [7, 11) is 0. The number of rotatable bonds is 9. The fourth-order valence-corrected chi connectivity index (χ4v) is 3.97. The Morgan fingerprint density at radius 1 is 0.643 bits per heavy atom. The summed E-state index contributed by atoms with van der Waals surface area (Å²) >= 11 is 0. The standard InChI is InChI=1S/C26H30O2/c1-2-3-4-7-16-22-17-23(18-27)25(20-12-8-5-9-13-20)26(24(22)19-28)21-14-10-6-11-15-21/h5-6,8-15,17,27-28H,2-4,7,16,18-19H2,1H3. The van der Waals surface area contributed by atoms with Gasteiger partial charge in [0, 0.05) is 0 Å². The molecule has 2 heteroatoms. The van der Waals surface area contributed by atoms with Crippen LogP contribution in [-0.2, 0) is 19.6 Å². The Bertz CT molecular complexity index is 870. The van der Waals surface area contributed by atoms with Gasteiger partial charge in [-0.25, -0.2) is 0 Å². The number of aliphatic hydroxyl groups excluding tert-OH is 2. The SMILES string of the molecule is CCCCCCc1cc(CO)c(-c2ccccc2)c(-c2ccccc2)c1CO. The fraction of sp³-hybridized carbons (Fsp3) is 0.308. The van der Waals surface area contributed by atoms with Crippen LogP contribution < -0.4 is 0 Å². The molecule has 3 aromatic rings. The summed E-state index contributed by atoms with van der Waals surface area (Å²) in [6, 6.07) is 22.5. The second-order valence-electron chi connectivity index (χ2n) is 7.28. The van der Waals surface area contributed by atoms with Crippen molar-refractivity contribution in [1.82, 2.24) is 0 Å². The van der Waals surface area contributed by atoms with Gasteiger partial charge in [-0.15, -0.1) is 0 Å². The van der Waals surface area contributed by atoms with Crippen LogP contribution in [0, 0.1) is 0 Å². The normalized spacial score (nSPS) is 11.0. The second kappa shape index (κ2) is 10.2. The number of aryl methyl sites for hydroxylation is 1. The molecule has 0 saturated heterocycles. The van der Waals surface area contributed by atoms with Gasteiger partial charge in [0.25, 0.3) is 0 Å². The van der Waals surface area contributed by atoms with Gasteiger partial charge in [-0.05, 0) is 51.8 Å². The van der Waals surface area contributed by atoms with Gasteiger partial charge in [0.05, 0.1) is 13.2 Å². The summed E-state index contributed by atoms with van der Waals surface area (Å²) in [4.78, 5) is 0. The quantitative estimate of drug-likeness (QED) is 0.442. The molecule has 0 bridgehead atoms. The lowest BCUT2D eigenvalue weighted by molar-refractivity contribution is 0.277. The maximum atomic E-state index is 10.3. The third-order valence-corrected chi connectivity index (χ3v) is 5.36. The zero-order chi connectivity index (χ0) is 19.8. The molecule has 0 aromatic heterocycles. The molecule has 3 rings (SSSR count). The van der Waals surface area contributed by atoms with E-state index in [1.54, 1.807) is 0 Å². The Hall–Kier alpha value is -2.42. The molecule has 28 heavy (non-hydrogen) atoms. The molecule has 0 atom stereocenters. The average molecular weight is 375 g/mol. The van der Waals surface area contributed by atoms with Gasteiger partial charge in [0.15, 0.2) is 0 Å². The molecular formula is C26H30O2. The highest BCUT2D eigenvalue weighted by Gasteiger charge is 2.19. The van der Waals surface area contributed by atoms with E-state index >= 15 is 0 Å². The number of hydrogen-bond donors (Lipinski definition) is 2. The van der Waals surface area contributed by atoms with E-state index in [9.17, 15) is 10.2 Å². The molecule has 0 amide bonds. The first kappa shape index (κ1) is 20.3. The number of hydrogen-bond acceptors (Lipinski definition) is 2. The maximum absolute atomic E-state index is 10.3. The Balaban J connectivity index is 2.21. The Morgan fingerprint density at radius 2 is 1.25 bits per heavy atom. The molecule has 146 valence electrons. The van der Waals surface area contributed by atoms with E-state index in [4.69, 9.17) is 0 Å². The largest absolute Gasteiger partial charge is 0.392 e. The lowest BCUT2D eigenvalue weighted by atomic mass is 9.83. The average Bonchev–Trinajstić information content (AvgIpc) is 2.76. The lowest BCUT2D eigenvalue weighted by Gasteiger charge is -2.22. The third kappa shape index (κ3) is 4.52. The van der Waals surface area contributed by atoms with Crippen molar-refractivity contribution in [3.63, 3.8) is 0 Å². The van der Waals surface area contributed by atoms with E-state index in [1.165, 1.54) is 19.3 Å². The summed E-state index contributed by atoms with van der Waals surface area (Å²) in [6.07, 6.45) is 5.66. The van der Waals surface area contributed by atoms with Crippen molar-refractivity contribution in [2.75, 3.05) is 0 Å². The van der Waals surface area contributed by atoms with Crippen LogP contribution in [0.15, 0.2) is 66.7 Å². The summed E-state index contributed by atoms with van der Waals surface area (Å²) in [5.74, 6) is 0. The molecule has 0 aliphatic heterocycles. The van der Waals surface area contributed by atoms with Crippen LogP contribution in [0.4, 0.5) is 0 Å². The van der Waals surface area contributed by atoms with Crippen LogP contribution in [0.5, 0.6) is 0 Å². The van der Waals surface area contributed by atoms with Crippen LogP contribution in [0.2, 0.25) is 0 Å². The fourth-order valence-electron chi connectivity index (χ4n) is 3.97. The first-order valence-electron chi connectivity index (χ1n) is 10.3. The zero-order valence-electron chi connectivity index (χ0n) is 16.7. The van der Waals surface area contributed by atoms with Gasteiger partial charge in [-0.2, -0.15) is 0 Å². The van der Waals surface area contributed by atoms with Gasteiger partial charge < -0.3 is 10.2 Å². The molecule has 0 aliphatic carbocycles. The molecule has 0 spiro atoms. The predicted molar refractivity (Wildman–Crippen MR) is 117 cm³/mol. The number of unbranched alkanes of at least 4 members (excludes halogenated alkanes) is 3. The number of aliphatic hydroxyl groups is 2. The van der Waals surface area contributed by atoms with Crippen molar-refractivity contribution >= 4 is 0 Å². The Labute approximate surface area is 168 Å². The zero-order valence-corrected chi connectivity index (χ0v) is 16.7.